The molecule has 10 heteroatoms. The van der Waals surface area contributed by atoms with E-state index in [9.17, 15) is 14.9 Å². The third-order valence-electron chi connectivity index (χ3n) is 5.59. The summed E-state index contributed by atoms with van der Waals surface area (Å²) in [6, 6.07) is 23.6. The number of hydrogen-bond acceptors (Lipinski definition) is 5. The monoisotopic (exact) mass is 545 g/mol. The molecule has 0 saturated carbocycles. The van der Waals surface area contributed by atoms with Crippen molar-refractivity contribution in [2.75, 3.05) is 0 Å². The molecule has 5 rings (SSSR count). The first-order valence-corrected chi connectivity index (χ1v) is 12.0. The van der Waals surface area contributed by atoms with E-state index < -0.39 is 11.1 Å². The van der Waals surface area contributed by atoms with Crippen LogP contribution in [0.25, 0.3) is 27.8 Å². The Bertz CT molecular complexity index is 1870. The molecule has 0 atom stereocenters. The standard InChI is InChI=1S/C27H14Cl3N5O2/c28-17-9-11-18(12-10-17)34-26(36)21(14-31)20-13-24(19-6-2-4-8-23(19)30)35(27(37)25(20)33-34)32-15-16-5-1-3-7-22(16)29/h1-13,15H/b32-15+. The number of nitriles is 1. The van der Waals surface area contributed by atoms with Gasteiger partial charge in [-0.15, -0.1) is 0 Å². The molecular weight excluding hydrogens is 533 g/mol. The van der Waals surface area contributed by atoms with Gasteiger partial charge in [0.15, 0.2) is 5.52 Å². The fraction of sp³-hybridized carbons (Fsp3) is 0. The van der Waals surface area contributed by atoms with Crippen molar-refractivity contribution >= 4 is 51.9 Å². The van der Waals surface area contributed by atoms with E-state index in [-0.39, 0.29) is 22.2 Å². The quantitative estimate of drug-likeness (QED) is 0.261. The smallest absolute Gasteiger partial charge is 0.266 e. The van der Waals surface area contributed by atoms with Crippen molar-refractivity contribution in [3.05, 3.63) is 126 Å². The first-order chi connectivity index (χ1) is 17.9. The molecule has 0 saturated heterocycles. The van der Waals surface area contributed by atoms with Crippen LogP contribution in [0.1, 0.15) is 11.1 Å². The van der Waals surface area contributed by atoms with Gasteiger partial charge in [-0.1, -0.05) is 71.2 Å². The molecule has 2 heterocycles. The molecule has 0 aliphatic heterocycles. The van der Waals surface area contributed by atoms with E-state index in [2.05, 4.69) is 10.2 Å². The highest BCUT2D eigenvalue weighted by molar-refractivity contribution is 6.33. The van der Waals surface area contributed by atoms with Crippen LogP contribution in [-0.4, -0.2) is 20.7 Å². The third kappa shape index (κ3) is 4.54. The summed E-state index contributed by atoms with van der Waals surface area (Å²) in [6.45, 7) is 0. The number of fused-ring (bicyclic) bond motifs is 1. The number of benzene rings is 3. The van der Waals surface area contributed by atoms with Gasteiger partial charge in [0.25, 0.3) is 11.1 Å². The van der Waals surface area contributed by atoms with Gasteiger partial charge in [-0.25, -0.2) is 0 Å². The number of halogens is 3. The van der Waals surface area contributed by atoms with Crippen LogP contribution in [0.4, 0.5) is 0 Å². The Kier molecular flexibility index (Phi) is 6.64. The van der Waals surface area contributed by atoms with Crippen LogP contribution in [0.2, 0.25) is 15.1 Å². The largest absolute Gasteiger partial charge is 0.299 e. The third-order valence-corrected chi connectivity index (χ3v) is 6.51. The van der Waals surface area contributed by atoms with Crippen LogP contribution in [0, 0.1) is 11.3 Å². The number of hydrogen-bond donors (Lipinski definition) is 0. The molecule has 0 aliphatic rings. The predicted octanol–water partition coefficient (Wildman–Crippen LogP) is 5.93. The molecule has 180 valence electrons. The second kappa shape index (κ2) is 10.0. The van der Waals surface area contributed by atoms with Crippen molar-refractivity contribution in [1.82, 2.24) is 14.5 Å². The average Bonchev–Trinajstić information content (AvgIpc) is 2.90. The molecule has 5 aromatic rings. The summed E-state index contributed by atoms with van der Waals surface area (Å²) in [5.74, 6) is 0. The Morgan fingerprint density at radius 2 is 1.54 bits per heavy atom. The summed E-state index contributed by atoms with van der Waals surface area (Å²) in [6.07, 6.45) is 1.44. The minimum absolute atomic E-state index is 0.0850. The molecule has 0 spiro atoms. The van der Waals surface area contributed by atoms with Crippen molar-refractivity contribution in [1.29, 1.82) is 5.26 Å². The van der Waals surface area contributed by atoms with Gasteiger partial charge < -0.3 is 0 Å². The summed E-state index contributed by atoms with van der Waals surface area (Å²) in [5, 5.41) is 20.0. The number of pyridine rings is 1. The van der Waals surface area contributed by atoms with E-state index in [0.29, 0.717) is 31.9 Å². The fourth-order valence-electron chi connectivity index (χ4n) is 3.79. The molecule has 0 fully saturated rings. The van der Waals surface area contributed by atoms with E-state index >= 15 is 0 Å². The highest BCUT2D eigenvalue weighted by atomic mass is 35.5. The van der Waals surface area contributed by atoms with Crippen molar-refractivity contribution in [3.63, 3.8) is 0 Å². The Hall–Kier alpha value is -4.22. The van der Waals surface area contributed by atoms with Gasteiger partial charge >= 0.3 is 0 Å². The molecule has 0 N–H and O–H groups in total. The lowest BCUT2D eigenvalue weighted by atomic mass is 10.1. The lowest BCUT2D eigenvalue weighted by Gasteiger charge is -2.13. The Balaban J connectivity index is 1.87. The van der Waals surface area contributed by atoms with E-state index in [1.54, 1.807) is 72.8 Å². The van der Waals surface area contributed by atoms with E-state index in [0.717, 1.165) is 9.36 Å². The van der Waals surface area contributed by atoms with Crippen LogP contribution >= 0.6 is 34.8 Å². The normalized spacial score (nSPS) is 11.2. The van der Waals surface area contributed by atoms with Gasteiger partial charge in [0, 0.05) is 31.6 Å². The molecule has 0 bridgehead atoms. The molecule has 0 radical (unpaired) electrons. The van der Waals surface area contributed by atoms with Gasteiger partial charge in [-0.05, 0) is 42.5 Å². The molecule has 37 heavy (non-hydrogen) atoms. The number of aromatic nitrogens is 3. The highest BCUT2D eigenvalue weighted by Crippen LogP contribution is 2.29. The SMILES string of the molecule is N#Cc1c(=O)n(-c2ccc(Cl)cc2)nc2c(=O)n(/N=C/c3ccccc3Cl)c(-c3ccccc3Cl)cc12. The maximum Gasteiger partial charge on any atom is 0.299 e. The molecule has 2 aromatic heterocycles. The molecular formula is C27H14Cl3N5O2. The van der Waals surface area contributed by atoms with Gasteiger partial charge in [0.2, 0.25) is 0 Å². The van der Waals surface area contributed by atoms with Crippen molar-refractivity contribution in [2.45, 2.75) is 0 Å². The summed E-state index contributed by atoms with van der Waals surface area (Å²) in [4.78, 5) is 27.0. The minimum Gasteiger partial charge on any atom is -0.266 e. The summed E-state index contributed by atoms with van der Waals surface area (Å²) < 4.78 is 2.12. The first-order valence-electron chi connectivity index (χ1n) is 10.8. The lowest BCUT2D eigenvalue weighted by molar-refractivity contribution is 0.802. The van der Waals surface area contributed by atoms with Gasteiger partial charge in [0.05, 0.1) is 17.6 Å². The molecule has 3 aromatic carbocycles. The van der Waals surface area contributed by atoms with E-state index in [1.165, 1.54) is 12.3 Å². The van der Waals surface area contributed by atoms with Crippen molar-refractivity contribution in [2.24, 2.45) is 5.10 Å². The zero-order valence-corrected chi connectivity index (χ0v) is 21.0. The van der Waals surface area contributed by atoms with Crippen LogP contribution in [-0.2, 0) is 0 Å². The van der Waals surface area contributed by atoms with Crippen LogP contribution in [0.3, 0.4) is 0 Å². The van der Waals surface area contributed by atoms with Gasteiger partial charge in [0.1, 0.15) is 11.6 Å². The molecule has 0 aliphatic carbocycles. The highest BCUT2D eigenvalue weighted by Gasteiger charge is 2.20. The first kappa shape index (κ1) is 24.5. The predicted molar refractivity (Wildman–Crippen MR) is 146 cm³/mol. The molecule has 0 amide bonds. The van der Waals surface area contributed by atoms with Gasteiger partial charge in [-0.3, -0.25) is 9.59 Å². The van der Waals surface area contributed by atoms with E-state index in [1.807, 2.05) is 6.07 Å². The summed E-state index contributed by atoms with van der Waals surface area (Å²) in [5.41, 5.74) is -0.0370. The second-order valence-electron chi connectivity index (χ2n) is 7.83. The topological polar surface area (TPSA) is 93.0 Å². The zero-order chi connectivity index (χ0) is 26.1. The van der Waals surface area contributed by atoms with Crippen molar-refractivity contribution in [3.8, 4) is 23.0 Å². The fourth-order valence-corrected chi connectivity index (χ4v) is 4.33. The van der Waals surface area contributed by atoms with Crippen LogP contribution < -0.4 is 11.1 Å². The Morgan fingerprint density at radius 3 is 2.22 bits per heavy atom. The summed E-state index contributed by atoms with van der Waals surface area (Å²) >= 11 is 18.7. The number of rotatable bonds is 4. The maximum absolute atomic E-state index is 13.8. The zero-order valence-electron chi connectivity index (χ0n) is 18.8. The second-order valence-corrected chi connectivity index (χ2v) is 9.09. The number of nitrogens with zero attached hydrogens (tertiary/aromatic N) is 5. The van der Waals surface area contributed by atoms with E-state index in [4.69, 9.17) is 34.8 Å². The molecule has 0 unspecified atom stereocenters. The van der Waals surface area contributed by atoms with Gasteiger partial charge in [-0.2, -0.15) is 24.8 Å². The average molecular weight is 547 g/mol. The van der Waals surface area contributed by atoms with Crippen molar-refractivity contribution < 1.29 is 0 Å². The van der Waals surface area contributed by atoms with Crippen LogP contribution in [0.5, 0.6) is 0 Å². The summed E-state index contributed by atoms with van der Waals surface area (Å²) in [7, 11) is 0. The molecule has 7 nitrogen and oxygen atoms in total. The maximum atomic E-state index is 13.8. The Morgan fingerprint density at radius 1 is 0.865 bits per heavy atom. The minimum atomic E-state index is -0.681. The lowest BCUT2D eigenvalue weighted by Crippen LogP contribution is -2.29. The Labute approximate surface area is 225 Å². The van der Waals surface area contributed by atoms with Crippen LogP contribution in [0.15, 0.2) is 93.6 Å².